The minimum absolute atomic E-state index is 0.0567. The normalized spacial score (nSPS) is 10.4. The fourth-order valence-electron chi connectivity index (χ4n) is 2.72. The Labute approximate surface area is 163 Å². The predicted molar refractivity (Wildman–Crippen MR) is 106 cm³/mol. The molecule has 0 unspecified atom stereocenters. The quantitative estimate of drug-likeness (QED) is 0.654. The molecular formula is C22H22N2O4. The Morgan fingerprint density at radius 1 is 1.04 bits per heavy atom. The third kappa shape index (κ3) is 5.23. The molecule has 2 N–H and O–H groups in total. The van der Waals surface area contributed by atoms with E-state index in [9.17, 15) is 9.59 Å². The Kier molecular flexibility index (Phi) is 6.11. The van der Waals surface area contributed by atoms with Gasteiger partial charge in [0.15, 0.2) is 12.4 Å². The molecule has 28 heavy (non-hydrogen) atoms. The number of furan rings is 1. The van der Waals surface area contributed by atoms with E-state index in [-0.39, 0.29) is 24.2 Å². The summed E-state index contributed by atoms with van der Waals surface area (Å²) >= 11 is 0. The highest BCUT2D eigenvalue weighted by atomic mass is 16.5. The van der Waals surface area contributed by atoms with Gasteiger partial charge in [-0.1, -0.05) is 29.8 Å². The second-order valence-corrected chi connectivity index (χ2v) is 6.47. The zero-order valence-electron chi connectivity index (χ0n) is 15.8. The summed E-state index contributed by atoms with van der Waals surface area (Å²) in [5.41, 5.74) is 3.62. The molecule has 3 rings (SSSR count). The maximum Gasteiger partial charge on any atom is 0.291 e. The van der Waals surface area contributed by atoms with Gasteiger partial charge >= 0.3 is 0 Å². The predicted octanol–water partition coefficient (Wildman–Crippen LogP) is 3.84. The molecule has 0 bridgehead atoms. The number of benzene rings is 2. The van der Waals surface area contributed by atoms with E-state index in [1.54, 1.807) is 24.3 Å². The zero-order chi connectivity index (χ0) is 19.9. The molecule has 6 nitrogen and oxygen atoms in total. The average molecular weight is 378 g/mol. The number of rotatable bonds is 7. The first-order valence-corrected chi connectivity index (χ1v) is 8.92. The van der Waals surface area contributed by atoms with Crippen molar-refractivity contribution in [1.29, 1.82) is 0 Å². The summed E-state index contributed by atoms with van der Waals surface area (Å²) in [7, 11) is 0. The molecule has 0 aliphatic rings. The molecule has 0 fully saturated rings. The van der Waals surface area contributed by atoms with Crippen molar-refractivity contribution in [3.63, 3.8) is 0 Å². The maximum atomic E-state index is 12.1. The van der Waals surface area contributed by atoms with Gasteiger partial charge in [0.05, 0.1) is 6.26 Å². The van der Waals surface area contributed by atoms with Gasteiger partial charge in [-0.15, -0.1) is 0 Å². The van der Waals surface area contributed by atoms with Gasteiger partial charge in [0.1, 0.15) is 5.75 Å². The SMILES string of the molecule is Cc1ccc(OCC(=O)NCc2cccc(NC(=O)c3ccco3)c2)c(C)c1. The molecule has 0 saturated heterocycles. The van der Waals surface area contributed by atoms with E-state index >= 15 is 0 Å². The lowest BCUT2D eigenvalue weighted by Crippen LogP contribution is -2.28. The minimum Gasteiger partial charge on any atom is -0.484 e. The van der Waals surface area contributed by atoms with Gasteiger partial charge in [-0.25, -0.2) is 0 Å². The largest absolute Gasteiger partial charge is 0.484 e. The van der Waals surface area contributed by atoms with E-state index in [0.29, 0.717) is 18.0 Å². The van der Waals surface area contributed by atoms with Crippen LogP contribution in [0.25, 0.3) is 0 Å². The van der Waals surface area contributed by atoms with Crippen LogP contribution in [0.5, 0.6) is 5.75 Å². The zero-order valence-corrected chi connectivity index (χ0v) is 15.8. The number of hydrogen-bond acceptors (Lipinski definition) is 4. The van der Waals surface area contributed by atoms with Crippen molar-refractivity contribution in [1.82, 2.24) is 5.32 Å². The van der Waals surface area contributed by atoms with Gasteiger partial charge in [0.25, 0.3) is 11.8 Å². The fraction of sp³-hybridized carbons (Fsp3) is 0.182. The fourth-order valence-corrected chi connectivity index (χ4v) is 2.72. The second-order valence-electron chi connectivity index (χ2n) is 6.47. The highest BCUT2D eigenvalue weighted by molar-refractivity contribution is 6.02. The molecule has 0 aliphatic heterocycles. The Morgan fingerprint density at radius 3 is 2.64 bits per heavy atom. The van der Waals surface area contributed by atoms with Crippen LogP contribution in [0.15, 0.2) is 65.3 Å². The van der Waals surface area contributed by atoms with Crippen molar-refractivity contribution in [3.8, 4) is 5.75 Å². The lowest BCUT2D eigenvalue weighted by Gasteiger charge is -2.11. The Hall–Kier alpha value is -3.54. The maximum absolute atomic E-state index is 12.1. The third-order valence-electron chi connectivity index (χ3n) is 4.11. The summed E-state index contributed by atoms with van der Waals surface area (Å²) in [5.74, 6) is 0.392. The molecule has 1 aromatic heterocycles. The smallest absolute Gasteiger partial charge is 0.291 e. The number of anilines is 1. The lowest BCUT2D eigenvalue weighted by atomic mass is 10.1. The van der Waals surface area contributed by atoms with Crippen LogP contribution < -0.4 is 15.4 Å². The van der Waals surface area contributed by atoms with E-state index in [1.807, 2.05) is 44.2 Å². The Balaban J connectivity index is 1.50. The van der Waals surface area contributed by atoms with Crippen LogP contribution in [0.4, 0.5) is 5.69 Å². The summed E-state index contributed by atoms with van der Waals surface area (Å²) in [6, 6.07) is 16.3. The van der Waals surface area contributed by atoms with Gasteiger partial charge in [-0.3, -0.25) is 9.59 Å². The number of hydrogen-bond donors (Lipinski definition) is 2. The van der Waals surface area contributed by atoms with Crippen LogP contribution in [0.1, 0.15) is 27.2 Å². The van der Waals surface area contributed by atoms with Gasteiger partial charge in [-0.2, -0.15) is 0 Å². The van der Waals surface area contributed by atoms with Crippen LogP contribution in [-0.4, -0.2) is 18.4 Å². The van der Waals surface area contributed by atoms with E-state index < -0.39 is 0 Å². The molecule has 0 saturated carbocycles. The van der Waals surface area contributed by atoms with Crippen molar-refractivity contribution in [2.75, 3.05) is 11.9 Å². The molecule has 0 spiro atoms. The highest BCUT2D eigenvalue weighted by Gasteiger charge is 2.09. The van der Waals surface area contributed by atoms with Crippen molar-refractivity contribution in [3.05, 3.63) is 83.3 Å². The van der Waals surface area contributed by atoms with Gasteiger partial charge in [-0.05, 0) is 55.3 Å². The monoisotopic (exact) mass is 378 g/mol. The molecule has 2 aromatic carbocycles. The Morgan fingerprint density at radius 2 is 1.89 bits per heavy atom. The summed E-state index contributed by atoms with van der Waals surface area (Å²) in [6.07, 6.45) is 1.45. The standard InChI is InChI=1S/C22H22N2O4/c1-15-8-9-19(16(2)11-15)28-14-21(25)23-13-17-5-3-6-18(12-17)24-22(26)20-7-4-10-27-20/h3-12H,13-14H2,1-2H3,(H,23,25)(H,24,26). The van der Waals surface area contributed by atoms with Crippen LogP contribution >= 0.6 is 0 Å². The van der Waals surface area contributed by atoms with E-state index in [2.05, 4.69) is 10.6 Å². The average Bonchev–Trinajstić information content (AvgIpc) is 3.21. The number of ether oxygens (including phenoxy) is 1. The van der Waals surface area contributed by atoms with Crippen LogP contribution in [0.2, 0.25) is 0 Å². The summed E-state index contributed by atoms with van der Waals surface area (Å²) < 4.78 is 10.7. The molecule has 0 radical (unpaired) electrons. The van der Waals surface area contributed by atoms with Crippen molar-refractivity contribution in [2.24, 2.45) is 0 Å². The number of carbonyl (C=O) groups excluding carboxylic acids is 2. The Bertz CT molecular complexity index is 964. The molecule has 6 heteroatoms. The first kappa shape index (κ1) is 19.2. The molecular weight excluding hydrogens is 356 g/mol. The summed E-state index contributed by atoms with van der Waals surface area (Å²) in [5, 5.41) is 5.57. The molecule has 2 amide bonds. The van der Waals surface area contributed by atoms with Crippen molar-refractivity contribution >= 4 is 17.5 Å². The first-order chi connectivity index (χ1) is 13.5. The van der Waals surface area contributed by atoms with Crippen LogP contribution in [0, 0.1) is 13.8 Å². The summed E-state index contributed by atoms with van der Waals surface area (Å²) in [4.78, 5) is 24.1. The van der Waals surface area contributed by atoms with Gasteiger partial charge in [0.2, 0.25) is 0 Å². The molecule has 0 atom stereocenters. The number of aryl methyl sites for hydroxylation is 2. The second kappa shape index (κ2) is 8.90. The van der Waals surface area contributed by atoms with Crippen LogP contribution in [0.3, 0.4) is 0 Å². The third-order valence-corrected chi connectivity index (χ3v) is 4.11. The van der Waals surface area contributed by atoms with E-state index in [0.717, 1.165) is 16.7 Å². The van der Waals surface area contributed by atoms with Crippen molar-refractivity contribution in [2.45, 2.75) is 20.4 Å². The van der Waals surface area contributed by atoms with Crippen LogP contribution in [-0.2, 0) is 11.3 Å². The molecule has 0 aliphatic carbocycles. The lowest BCUT2D eigenvalue weighted by molar-refractivity contribution is -0.123. The first-order valence-electron chi connectivity index (χ1n) is 8.92. The molecule has 3 aromatic rings. The van der Waals surface area contributed by atoms with Gasteiger partial charge in [0, 0.05) is 12.2 Å². The minimum atomic E-state index is -0.326. The molecule has 1 heterocycles. The molecule has 144 valence electrons. The van der Waals surface area contributed by atoms with E-state index in [4.69, 9.17) is 9.15 Å². The van der Waals surface area contributed by atoms with Gasteiger partial charge < -0.3 is 19.8 Å². The summed E-state index contributed by atoms with van der Waals surface area (Å²) in [6.45, 7) is 4.23. The number of amides is 2. The topological polar surface area (TPSA) is 80.6 Å². The van der Waals surface area contributed by atoms with E-state index in [1.165, 1.54) is 6.26 Å². The number of carbonyl (C=O) groups is 2. The number of nitrogens with one attached hydrogen (secondary N) is 2. The highest BCUT2D eigenvalue weighted by Crippen LogP contribution is 2.18. The van der Waals surface area contributed by atoms with Crippen molar-refractivity contribution < 1.29 is 18.7 Å².